The molecule has 1 N–H and O–H groups in total. The Morgan fingerprint density at radius 2 is 1.67 bits per heavy atom. The summed E-state index contributed by atoms with van der Waals surface area (Å²) in [4.78, 5) is 11.2. The lowest BCUT2D eigenvalue weighted by atomic mass is 10.2. The Morgan fingerprint density at radius 3 is 2.30 bits per heavy atom. The van der Waals surface area contributed by atoms with E-state index in [-0.39, 0.29) is 5.25 Å². The molecule has 1 aromatic heterocycles. The molecule has 0 atom stereocenters. The number of sulfonamides is 1. The number of benzene rings is 1. The van der Waals surface area contributed by atoms with Crippen LogP contribution in [0.15, 0.2) is 30.3 Å². The zero-order valence-electron chi connectivity index (χ0n) is 15.7. The molecule has 27 heavy (non-hydrogen) atoms. The first-order valence-electron chi connectivity index (χ1n) is 9.35. The average molecular weight is 388 g/mol. The molecule has 1 saturated heterocycles. The fraction of sp³-hybridized carbons (Fsp3) is 0.474. The van der Waals surface area contributed by atoms with Crippen LogP contribution < -0.4 is 10.2 Å². The minimum atomic E-state index is -3.09. The third-order valence-electron chi connectivity index (χ3n) is 5.02. The van der Waals surface area contributed by atoms with E-state index in [9.17, 15) is 8.42 Å². The Morgan fingerprint density at radius 1 is 1.00 bits per heavy atom. The molecule has 1 aliphatic heterocycles. The van der Waals surface area contributed by atoms with Gasteiger partial charge in [-0.05, 0) is 38.8 Å². The molecule has 0 unspecified atom stereocenters. The highest BCUT2D eigenvalue weighted by molar-refractivity contribution is 7.90. The Kier molecular flexibility index (Phi) is 4.77. The molecule has 2 heterocycles. The Hall–Kier alpha value is -2.19. The number of aromatic nitrogens is 2. The molecule has 4 rings (SSSR count). The van der Waals surface area contributed by atoms with Crippen LogP contribution in [0.4, 0.5) is 17.3 Å². The van der Waals surface area contributed by atoms with Crippen LogP contribution in [0.3, 0.4) is 0 Å². The van der Waals surface area contributed by atoms with Crippen molar-refractivity contribution in [1.82, 2.24) is 14.3 Å². The van der Waals surface area contributed by atoms with Gasteiger partial charge in [-0.1, -0.05) is 17.7 Å². The maximum Gasteiger partial charge on any atom is 0.217 e. The van der Waals surface area contributed by atoms with Crippen molar-refractivity contribution >= 4 is 27.3 Å². The average Bonchev–Trinajstić information content (AvgIpc) is 3.49. The lowest BCUT2D eigenvalue weighted by Gasteiger charge is -2.34. The van der Waals surface area contributed by atoms with Gasteiger partial charge >= 0.3 is 0 Å². The Labute approximate surface area is 160 Å². The number of hydrogen-bond donors (Lipinski definition) is 1. The summed E-state index contributed by atoms with van der Waals surface area (Å²) in [6, 6.07) is 10.1. The molecular weight excluding hydrogens is 362 g/mol. The van der Waals surface area contributed by atoms with Gasteiger partial charge in [-0.15, -0.1) is 0 Å². The standard InChI is InChI=1S/C19H25N5O2S/c1-14-3-5-16(6-4-14)22-18-13-19(21-15(2)20-18)23-9-11-24(12-10-23)27(25,26)17-7-8-17/h3-6,13,17H,7-12H2,1-2H3,(H,20,21,22). The van der Waals surface area contributed by atoms with E-state index in [1.807, 2.05) is 25.1 Å². The SMILES string of the molecule is Cc1ccc(Nc2cc(N3CCN(S(=O)(=O)C4CC4)CC3)nc(C)n2)cc1. The molecule has 1 aliphatic carbocycles. The molecule has 0 bridgehead atoms. The molecule has 0 radical (unpaired) electrons. The molecule has 0 amide bonds. The van der Waals surface area contributed by atoms with Crippen LogP contribution in [0.5, 0.6) is 0 Å². The maximum atomic E-state index is 12.4. The second-order valence-electron chi connectivity index (χ2n) is 7.28. The quantitative estimate of drug-likeness (QED) is 0.849. The smallest absolute Gasteiger partial charge is 0.217 e. The molecule has 144 valence electrons. The van der Waals surface area contributed by atoms with E-state index in [1.54, 1.807) is 4.31 Å². The van der Waals surface area contributed by atoms with Crippen LogP contribution in [0, 0.1) is 13.8 Å². The first-order chi connectivity index (χ1) is 12.9. The highest BCUT2D eigenvalue weighted by atomic mass is 32.2. The first-order valence-corrected chi connectivity index (χ1v) is 10.9. The second kappa shape index (κ2) is 7.09. The number of nitrogens with zero attached hydrogens (tertiary/aromatic N) is 4. The summed E-state index contributed by atoms with van der Waals surface area (Å²) < 4.78 is 26.4. The second-order valence-corrected chi connectivity index (χ2v) is 9.49. The van der Waals surface area contributed by atoms with E-state index >= 15 is 0 Å². The van der Waals surface area contributed by atoms with Crippen molar-refractivity contribution in [3.63, 3.8) is 0 Å². The molecule has 7 nitrogen and oxygen atoms in total. The minimum absolute atomic E-state index is 0.143. The van der Waals surface area contributed by atoms with Crippen LogP contribution in [-0.4, -0.2) is 54.1 Å². The van der Waals surface area contributed by atoms with E-state index in [0.29, 0.717) is 32.0 Å². The molecule has 1 aromatic carbocycles. The topological polar surface area (TPSA) is 78.4 Å². The molecule has 2 fully saturated rings. The number of aryl methyl sites for hydroxylation is 2. The number of piperazine rings is 1. The van der Waals surface area contributed by atoms with E-state index in [4.69, 9.17) is 0 Å². The zero-order chi connectivity index (χ0) is 19.0. The van der Waals surface area contributed by atoms with Crippen molar-refractivity contribution in [1.29, 1.82) is 0 Å². The summed E-state index contributed by atoms with van der Waals surface area (Å²) in [6.07, 6.45) is 1.61. The predicted molar refractivity (Wildman–Crippen MR) is 107 cm³/mol. The van der Waals surface area contributed by atoms with Crippen LogP contribution in [0.2, 0.25) is 0 Å². The van der Waals surface area contributed by atoms with Gasteiger partial charge in [0.05, 0.1) is 5.25 Å². The van der Waals surface area contributed by atoms with Crippen molar-refractivity contribution in [3.05, 3.63) is 41.7 Å². The van der Waals surface area contributed by atoms with Crippen molar-refractivity contribution < 1.29 is 8.42 Å². The zero-order valence-corrected chi connectivity index (χ0v) is 16.5. The summed E-state index contributed by atoms with van der Waals surface area (Å²) in [5.41, 5.74) is 2.18. The van der Waals surface area contributed by atoms with Crippen molar-refractivity contribution in [2.75, 3.05) is 36.4 Å². The van der Waals surface area contributed by atoms with Gasteiger partial charge in [0.15, 0.2) is 0 Å². The van der Waals surface area contributed by atoms with Gasteiger partial charge < -0.3 is 10.2 Å². The van der Waals surface area contributed by atoms with E-state index in [1.165, 1.54) is 5.56 Å². The van der Waals surface area contributed by atoms with Gasteiger partial charge in [0.2, 0.25) is 10.0 Å². The summed E-state index contributed by atoms with van der Waals surface area (Å²) in [5.74, 6) is 2.27. The van der Waals surface area contributed by atoms with E-state index in [0.717, 1.165) is 30.2 Å². The van der Waals surface area contributed by atoms with Gasteiger partial charge in [0.25, 0.3) is 0 Å². The number of hydrogen-bond acceptors (Lipinski definition) is 6. The monoisotopic (exact) mass is 387 g/mol. The third-order valence-corrected chi connectivity index (χ3v) is 7.42. The van der Waals surface area contributed by atoms with Crippen molar-refractivity contribution in [2.24, 2.45) is 0 Å². The fourth-order valence-electron chi connectivity index (χ4n) is 3.31. The van der Waals surface area contributed by atoms with Gasteiger partial charge in [0.1, 0.15) is 17.5 Å². The highest BCUT2D eigenvalue weighted by Crippen LogP contribution is 2.32. The van der Waals surface area contributed by atoms with Crippen molar-refractivity contribution in [2.45, 2.75) is 31.9 Å². The fourth-order valence-corrected chi connectivity index (χ4v) is 5.14. The summed E-state index contributed by atoms with van der Waals surface area (Å²) in [5, 5.41) is 3.18. The third kappa shape index (κ3) is 4.06. The van der Waals surface area contributed by atoms with Crippen LogP contribution in [0.25, 0.3) is 0 Å². The molecule has 2 aliphatic rings. The van der Waals surface area contributed by atoms with Crippen LogP contribution in [0.1, 0.15) is 24.2 Å². The Balaban J connectivity index is 1.46. The molecule has 8 heteroatoms. The van der Waals surface area contributed by atoms with Crippen LogP contribution in [-0.2, 0) is 10.0 Å². The summed E-state index contributed by atoms with van der Waals surface area (Å²) in [7, 11) is -3.09. The molecular formula is C19H25N5O2S. The lowest BCUT2D eigenvalue weighted by Crippen LogP contribution is -2.49. The Bertz CT molecular complexity index is 918. The number of anilines is 3. The number of nitrogens with one attached hydrogen (secondary N) is 1. The van der Waals surface area contributed by atoms with Gasteiger partial charge in [0, 0.05) is 37.9 Å². The normalized spacial score (nSPS) is 18.5. The number of rotatable bonds is 5. The summed E-state index contributed by atoms with van der Waals surface area (Å²) in [6.45, 7) is 6.25. The molecule has 0 spiro atoms. The van der Waals surface area contributed by atoms with E-state index in [2.05, 4.69) is 39.2 Å². The van der Waals surface area contributed by atoms with Gasteiger partial charge in [-0.2, -0.15) is 4.31 Å². The maximum absolute atomic E-state index is 12.4. The van der Waals surface area contributed by atoms with Crippen LogP contribution >= 0.6 is 0 Å². The van der Waals surface area contributed by atoms with Gasteiger partial charge in [-0.3, -0.25) is 0 Å². The molecule has 1 saturated carbocycles. The van der Waals surface area contributed by atoms with Crippen molar-refractivity contribution in [3.8, 4) is 0 Å². The predicted octanol–water partition coefficient (Wildman–Crippen LogP) is 2.45. The van der Waals surface area contributed by atoms with Gasteiger partial charge in [-0.25, -0.2) is 18.4 Å². The highest BCUT2D eigenvalue weighted by Gasteiger charge is 2.41. The minimum Gasteiger partial charge on any atom is -0.354 e. The summed E-state index contributed by atoms with van der Waals surface area (Å²) >= 11 is 0. The first kappa shape index (κ1) is 18.2. The molecule has 2 aromatic rings. The largest absolute Gasteiger partial charge is 0.354 e. The lowest BCUT2D eigenvalue weighted by molar-refractivity contribution is 0.383. The van der Waals surface area contributed by atoms with E-state index < -0.39 is 10.0 Å².